The molecule has 0 saturated carbocycles. The molecule has 0 aromatic heterocycles. The normalized spacial score (nSPS) is 20.0. The number of carbonyl (C=O) groups excluding carboxylic acids is 2. The van der Waals surface area contributed by atoms with Crippen LogP contribution in [-0.2, 0) is 19.6 Å². The van der Waals surface area contributed by atoms with Crippen molar-refractivity contribution in [3.63, 3.8) is 0 Å². The van der Waals surface area contributed by atoms with Crippen molar-refractivity contribution in [2.45, 2.75) is 48.2 Å². The summed E-state index contributed by atoms with van der Waals surface area (Å²) in [5, 5.41) is 2.46. The maximum absolute atomic E-state index is 14.0. The fourth-order valence-corrected chi connectivity index (χ4v) is 6.75. The number of anilines is 2. The van der Waals surface area contributed by atoms with Crippen LogP contribution in [0.4, 0.5) is 15.8 Å². The number of nitrogens with zero attached hydrogens (tertiary/aromatic N) is 2. The van der Waals surface area contributed by atoms with Crippen LogP contribution in [0.2, 0.25) is 0 Å². The Bertz CT molecular complexity index is 1200. The van der Waals surface area contributed by atoms with Gasteiger partial charge in [-0.15, -0.1) is 11.8 Å². The van der Waals surface area contributed by atoms with E-state index in [1.807, 2.05) is 6.92 Å². The Hall–Kier alpha value is -2.43. The quantitative estimate of drug-likeness (QED) is 0.661. The molecule has 2 aliphatic heterocycles. The van der Waals surface area contributed by atoms with Crippen LogP contribution in [0, 0.1) is 11.7 Å². The Kier molecular flexibility index (Phi) is 7.30. The van der Waals surface area contributed by atoms with E-state index in [2.05, 4.69) is 12.2 Å². The van der Waals surface area contributed by atoms with Gasteiger partial charge in [0.05, 0.1) is 16.3 Å². The van der Waals surface area contributed by atoms with Gasteiger partial charge in [0.1, 0.15) is 12.4 Å². The Morgan fingerprint density at radius 1 is 1.15 bits per heavy atom. The topological polar surface area (TPSA) is 86.8 Å². The summed E-state index contributed by atoms with van der Waals surface area (Å²) in [4.78, 5) is 27.9. The first kappa shape index (κ1) is 24.7. The summed E-state index contributed by atoms with van der Waals surface area (Å²) in [6, 6.07) is 10.6. The van der Waals surface area contributed by atoms with Crippen LogP contribution in [0.5, 0.6) is 0 Å². The van der Waals surface area contributed by atoms with E-state index in [0.29, 0.717) is 24.7 Å². The second-order valence-corrected chi connectivity index (χ2v) is 12.3. The van der Waals surface area contributed by atoms with Gasteiger partial charge in [-0.05, 0) is 49.1 Å². The van der Waals surface area contributed by atoms with E-state index in [0.717, 1.165) is 17.7 Å². The maximum atomic E-state index is 14.0. The van der Waals surface area contributed by atoms with Gasteiger partial charge in [0.15, 0.2) is 0 Å². The van der Waals surface area contributed by atoms with Crippen molar-refractivity contribution in [2.75, 3.05) is 29.9 Å². The van der Waals surface area contributed by atoms with Crippen molar-refractivity contribution in [2.24, 2.45) is 5.92 Å². The molecule has 0 aliphatic carbocycles. The van der Waals surface area contributed by atoms with Crippen LogP contribution in [-0.4, -0.2) is 49.4 Å². The zero-order chi connectivity index (χ0) is 24.5. The van der Waals surface area contributed by atoms with Gasteiger partial charge in [0.2, 0.25) is 21.8 Å². The summed E-state index contributed by atoms with van der Waals surface area (Å²) >= 11 is 1.47. The Morgan fingerprint density at radius 3 is 2.56 bits per heavy atom. The summed E-state index contributed by atoms with van der Waals surface area (Å²) in [6.07, 6.45) is 1.80. The van der Waals surface area contributed by atoms with Crippen LogP contribution < -0.4 is 10.2 Å². The molecule has 2 amide bonds. The Labute approximate surface area is 203 Å². The summed E-state index contributed by atoms with van der Waals surface area (Å²) in [7, 11) is -3.73. The molecule has 2 heterocycles. The van der Waals surface area contributed by atoms with E-state index in [1.165, 1.54) is 45.2 Å². The van der Waals surface area contributed by atoms with Gasteiger partial charge >= 0.3 is 0 Å². The summed E-state index contributed by atoms with van der Waals surface area (Å²) in [6.45, 7) is 4.59. The molecule has 2 aromatic carbocycles. The molecule has 0 spiro atoms. The van der Waals surface area contributed by atoms with Gasteiger partial charge in [0.25, 0.3) is 0 Å². The molecule has 2 aromatic rings. The smallest absolute Gasteiger partial charge is 0.244 e. The molecule has 1 fully saturated rings. The molecule has 1 unspecified atom stereocenters. The van der Waals surface area contributed by atoms with E-state index in [4.69, 9.17) is 0 Å². The number of sulfonamides is 1. The molecular formula is C24H28FN3O4S2. The molecule has 34 heavy (non-hydrogen) atoms. The lowest BCUT2D eigenvalue weighted by Gasteiger charge is -2.30. The molecule has 2 aliphatic rings. The molecular weight excluding hydrogens is 477 g/mol. The van der Waals surface area contributed by atoms with Crippen molar-refractivity contribution >= 4 is 45.0 Å². The van der Waals surface area contributed by atoms with Crippen LogP contribution >= 0.6 is 11.8 Å². The number of piperidine rings is 1. The molecule has 7 nitrogen and oxygen atoms in total. The SMILES string of the molecule is CC1CCN(S(=O)(=O)c2ccc3c(c2)N(CC(=O)Nc2ccccc2F)C(=O)CC(C)S3)CC1. The summed E-state index contributed by atoms with van der Waals surface area (Å²) < 4.78 is 42.1. The van der Waals surface area contributed by atoms with Crippen LogP contribution in [0.1, 0.15) is 33.1 Å². The summed E-state index contributed by atoms with van der Waals surface area (Å²) in [5.41, 5.74) is 0.405. The molecule has 1 saturated heterocycles. The third-order valence-electron chi connectivity index (χ3n) is 6.14. The Balaban J connectivity index is 1.64. The van der Waals surface area contributed by atoms with E-state index in [-0.39, 0.29) is 34.7 Å². The fraction of sp³-hybridized carbons (Fsp3) is 0.417. The maximum Gasteiger partial charge on any atom is 0.244 e. The molecule has 182 valence electrons. The van der Waals surface area contributed by atoms with Crippen molar-refractivity contribution < 1.29 is 22.4 Å². The van der Waals surface area contributed by atoms with Gasteiger partial charge in [-0.1, -0.05) is 26.0 Å². The third kappa shape index (κ3) is 5.29. The predicted molar refractivity (Wildman–Crippen MR) is 131 cm³/mol. The van der Waals surface area contributed by atoms with E-state index >= 15 is 0 Å². The fourth-order valence-electron chi connectivity index (χ4n) is 4.16. The number of hydrogen-bond acceptors (Lipinski definition) is 5. The molecule has 0 bridgehead atoms. The molecule has 10 heteroatoms. The number of benzene rings is 2. The van der Waals surface area contributed by atoms with Crippen molar-refractivity contribution in [3.05, 3.63) is 48.3 Å². The highest BCUT2D eigenvalue weighted by molar-refractivity contribution is 8.00. The van der Waals surface area contributed by atoms with Crippen molar-refractivity contribution in [3.8, 4) is 0 Å². The zero-order valence-corrected chi connectivity index (χ0v) is 20.8. The number of rotatable bonds is 5. The number of hydrogen-bond donors (Lipinski definition) is 1. The van der Waals surface area contributed by atoms with Gasteiger partial charge in [-0.2, -0.15) is 4.31 Å². The minimum atomic E-state index is -3.73. The molecule has 1 N–H and O–H groups in total. The summed E-state index contributed by atoms with van der Waals surface area (Å²) in [5.74, 6) is -0.949. The van der Waals surface area contributed by atoms with Gasteiger partial charge in [-0.25, -0.2) is 12.8 Å². The van der Waals surface area contributed by atoms with Gasteiger partial charge < -0.3 is 10.2 Å². The highest BCUT2D eigenvalue weighted by Crippen LogP contribution is 2.40. The average Bonchev–Trinajstić information content (AvgIpc) is 2.90. The monoisotopic (exact) mass is 505 g/mol. The third-order valence-corrected chi connectivity index (χ3v) is 9.21. The number of amides is 2. The first-order valence-corrected chi connectivity index (χ1v) is 13.6. The number of halogens is 1. The van der Waals surface area contributed by atoms with Crippen LogP contribution in [0.3, 0.4) is 0 Å². The largest absolute Gasteiger partial charge is 0.322 e. The lowest BCUT2D eigenvalue weighted by molar-refractivity contribution is -0.121. The lowest BCUT2D eigenvalue weighted by Crippen LogP contribution is -2.39. The van der Waals surface area contributed by atoms with Crippen molar-refractivity contribution in [1.82, 2.24) is 4.31 Å². The lowest BCUT2D eigenvalue weighted by atomic mass is 10.0. The highest BCUT2D eigenvalue weighted by atomic mass is 32.2. The van der Waals surface area contributed by atoms with Crippen LogP contribution in [0.15, 0.2) is 52.3 Å². The number of para-hydroxylation sites is 1. The standard InChI is InChI=1S/C24H28FN3O4S2/c1-16-9-11-27(12-10-16)34(31,32)18-7-8-22-21(14-18)28(24(30)13-17(2)33-22)15-23(29)26-20-6-4-3-5-19(20)25/h3-8,14,16-17H,9-13,15H2,1-2H3,(H,26,29). The zero-order valence-electron chi connectivity index (χ0n) is 19.2. The first-order chi connectivity index (χ1) is 16.1. The number of fused-ring (bicyclic) bond motifs is 1. The van der Waals surface area contributed by atoms with Gasteiger partial charge in [-0.3, -0.25) is 9.59 Å². The second kappa shape index (κ2) is 10.1. The number of carbonyl (C=O) groups is 2. The van der Waals surface area contributed by atoms with E-state index in [9.17, 15) is 22.4 Å². The van der Waals surface area contributed by atoms with E-state index in [1.54, 1.807) is 18.2 Å². The Morgan fingerprint density at radius 2 is 1.85 bits per heavy atom. The predicted octanol–water partition coefficient (Wildman–Crippen LogP) is 4.10. The second-order valence-electron chi connectivity index (χ2n) is 8.86. The number of thioether (sulfide) groups is 1. The molecule has 0 radical (unpaired) electrons. The van der Waals surface area contributed by atoms with Crippen molar-refractivity contribution in [1.29, 1.82) is 0 Å². The highest BCUT2D eigenvalue weighted by Gasteiger charge is 2.32. The number of nitrogens with one attached hydrogen (secondary N) is 1. The first-order valence-electron chi connectivity index (χ1n) is 11.3. The molecule has 1 atom stereocenters. The molecule has 4 rings (SSSR count). The average molecular weight is 506 g/mol. The minimum Gasteiger partial charge on any atom is -0.322 e. The van der Waals surface area contributed by atoms with E-state index < -0.39 is 21.7 Å². The van der Waals surface area contributed by atoms with Gasteiger partial charge in [0, 0.05) is 29.7 Å². The minimum absolute atomic E-state index is 0.0217. The van der Waals surface area contributed by atoms with Crippen LogP contribution in [0.25, 0.3) is 0 Å².